The monoisotopic (exact) mass is 232 g/mol. The van der Waals surface area contributed by atoms with E-state index in [0.717, 1.165) is 18.8 Å². The summed E-state index contributed by atoms with van der Waals surface area (Å²) in [4.78, 5) is 25.1. The molecular formula is C12H12N2O3. The summed E-state index contributed by atoms with van der Waals surface area (Å²) < 4.78 is 5.28. The van der Waals surface area contributed by atoms with Crippen molar-refractivity contribution in [2.24, 2.45) is 0 Å². The zero-order valence-corrected chi connectivity index (χ0v) is 9.23. The van der Waals surface area contributed by atoms with E-state index in [1.54, 1.807) is 12.1 Å². The van der Waals surface area contributed by atoms with E-state index in [0.29, 0.717) is 24.3 Å². The predicted molar refractivity (Wildman–Crippen MR) is 61.3 cm³/mol. The van der Waals surface area contributed by atoms with Gasteiger partial charge in [-0.3, -0.25) is 14.9 Å². The Hall–Kier alpha value is -1.88. The lowest BCUT2D eigenvalue weighted by molar-refractivity contribution is 0.0879. The second kappa shape index (κ2) is 3.85. The number of nitrogens with zero attached hydrogens (tertiary/aromatic N) is 1. The Morgan fingerprint density at radius 3 is 2.53 bits per heavy atom. The van der Waals surface area contributed by atoms with Crippen LogP contribution in [0.25, 0.3) is 0 Å². The van der Waals surface area contributed by atoms with Gasteiger partial charge in [0.1, 0.15) is 0 Å². The molecule has 3 rings (SSSR count). The van der Waals surface area contributed by atoms with Crippen LogP contribution in [0, 0.1) is 0 Å². The first kappa shape index (κ1) is 10.3. The molecule has 0 aromatic heterocycles. The van der Waals surface area contributed by atoms with Crippen molar-refractivity contribution >= 4 is 17.5 Å². The van der Waals surface area contributed by atoms with E-state index in [4.69, 9.17) is 4.74 Å². The molecule has 5 nitrogen and oxygen atoms in total. The van der Waals surface area contributed by atoms with Crippen LogP contribution in [-0.2, 0) is 4.74 Å². The predicted octanol–water partition coefficient (Wildman–Crippen LogP) is 0.407. The fourth-order valence-electron chi connectivity index (χ4n) is 2.17. The molecule has 1 saturated heterocycles. The molecule has 1 aromatic carbocycles. The van der Waals surface area contributed by atoms with Gasteiger partial charge in [-0.2, -0.15) is 0 Å². The smallest absolute Gasteiger partial charge is 0.259 e. The summed E-state index contributed by atoms with van der Waals surface area (Å²) in [7, 11) is 0. The van der Waals surface area contributed by atoms with Crippen molar-refractivity contribution < 1.29 is 14.3 Å². The van der Waals surface area contributed by atoms with E-state index >= 15 is 0 Å². The van der Waals surface area contributed by atoms with Crippen molar-refractivity contribution in [1.82, 2.24) is 5.32 Å². The van der Waals surface area contributed by atoms with E-state index in [1.807, 2.05) is 6.07 Å². The Labute approximate surface area is 98.4 Å². The first-order valence-electron chi connectivity index (χ1n) is 5.58. The number of imide groups is 1. The standard InChI is InChI=1S/C12H12N2O3/c15-11-9-2-1-8(7-10(9)12(16)13-11)14-3-5-17-6-4-14/h1-2,7H,3-6H2,(H,13,15,16). The van der Waals surface area contributed by atoms with Gasteiger partial charge in [0.25, 0.3) is 11.8 Å². The lowest BCUT2D eigenvalue weighted by Crippen LogP contribution is -2.36. The maximum absolute atomic E-state index is 11.5. The lowest BCUT2D eigenvalue weighted by Gasteiger charge is -2.29. The number of fused-ring (bicyclic) bond motifs is 1. The molecule has 0 unspecified atom stereocenters. The van der Waals surface area contributed by atoms with Crippen molar-refractivity contribution in [3.05, 3.63) is 29.3 Å². The number of ether oxygens (including phenoxy) is 1. The van der Waals surface area contributed by atoms with Gasteiger partial charge in [0.15, 0.2) is 0 Å². The van der Waals surface area contributed by atoms with Crippen LogP contribution in [-0.4, -0.2) is 38.1 Å². The number of rotatable bonds is 1. The third kappa shape index (κ3) is 1.68. The van der Waals surface area contributed by atoms with Crippen molar-refractivity contribution in [2.75, 3.05) is 31.2 Å². The molecule has 0 bridgehead atoms. The number of morpholine rings is 1. The molecule has 0 radical (unpaired) electrons. The molecule has 0 aliphatic carbocycles. The van der Waals surface area contributed by atoms with Gasteiger partial charge in [-0.05, 0) is 18.2 Å². The number of benzene rings is 1. The molecule has 2 aliphatic heterocycles. The zero-order chi connectivity index (χ0) is 11.8. The Morgan fingerprint density at radius 2 is 1.76 bits per heavy atom. The van der Waals surface area contributed by atoms with Gasteiger partial charge in [0.2, 0.25) is 0 Å². The normalized spacial score (nSPS) is 19.2. The number of nitrogens with one attached hydrogen (secondary N) is 1. The highest BCUT2D eigenvalue weighted by atomic mass is 16.5. The van der Waals surface area contributed by atoms with Crippen LogP contribution in [0.4, 0.5) is 5.69 Å². The van der Waals surface area contributed by atoms with Crippen LogP contribution in [0.2, 0.25) is 0 Å². The fraction of sp³-hybridized carbons (Fsp3) is 0.333. The Kier molecular flexibility index (Phi) is 2.33. The molecule has 17 heavy (non-hydrogen) atoms. The number of hydrogen-bond acceptors (Lipinski definition) is 4. The fourth-order valence-corrected chi connectivity index (χ4v) is 2.17. The number of anilines is 1. The molecule has 2 amide bonds. The maximum atomic E-state index is 11.5. The summed E-state index contributed by atoms with van der Waals surface area (Å²) in [6, 6.07) is 5.36. The minimum atomic E-state index is -0.307. The number of carbonyl (C=O) groups excluding carboxylic acids is 2. The van der Waals surface area contributed by atoms with Crippen molar-refractivity contribution in [2.45, 2.75) is 0 Å². The highest BCUT2D eigenvalue weighted by Crippen LogP contribution is 2.23. The minimum Gasteiger partial charge on any atom is -0.378 e. The van der Waals surface area contributed by atoms with E-state index in [-0.39, 0.29) is 11.8 Å². The summed E-state index contributed by atoms with van der Waals surface area (Å²) in [5.74, 6) is -0.612. The van der Waals surface area contributed by atoms with Gasteiger partial charge in [-0.25, -0.2) is 0 Å². The van der Waals surface area contributed by atoms with Gasteiger partial charge in [0.05, 0.1) is 24.3 Å². The van der Waals surface area contributed by atoms with E-state index in [2.05, 4.69) is 10.2 Å². The van der Waals surface area contributed by atoms with Gasteiger partial charge in [-0.15, -0.1) is 0 Å². The van der Waals surface area contributed by atoms with Crippen molar-refractivity contribution in [3.63, 3.8) is 0 Å². The third-order valence-electron chi connectivity index (χ3n) is 3.10. The molecular weight excluding hydrogens is 220 g/mol. The number of hydrogen-bond donors (Lipinski definition) is 1. The molecule has 2 aliphatic rings. The molecule has 0 atom stereocenters. The number of carbonyl (C=O) groups is 2. The Morgan fingerprint density at radius 1 is 1.06 bits per heavy atom. The summed E-state index contributed by atoms with van der Waals surface area (Å²) in [6.45, 7) is 3.02. The summed E-state index contributed by atoms with van der Waals surface area (Å²) in [6.07, 6.45) is 0. The van der Waals surface area contributed by atoms with Crippen LogP contribution in [0.1, 0.15) is 20.7 Å². The van der Waals surface area contributed by atoms with Gasteiger partial charge in [-0.1, -0.05) is 0 Å². The Bertz CT molecular complexity index is 493. The number of amides is 2. The first-order valence-corrected chi connectivity index (χ1v) is 5.58. The molecule has 1 aromatic rings. The van der Waals surface area contributed by atoms with Crippen LogP contribution in [0.3, 0.4) is 0 Å². The highest BCUT2D eigenvalue weighted by Gasteiger charge is 2.27. The first-order chi connectivity index (χ1) is 8.25. The second-order valence-corrected chi connectivity index (χ2v) is 4.11. The van der Waals surface area contributed by atoms with Crippen molar-refractivity contribution in [3.8, 4) is 0 Å². The molecule has 0 spiro atoms. The summed E-state index contributed by atoms with van der Waals surface area (Å²) in [5.41, 5.74) is 1.91. The summed E-state index contributed by atoms with van der Waals surface area (Å²) >= 11 is 0. The van der Waals surface area contributed by atoms with Crippen LogP contribution in [0.15, 0.2) is 18.2 Å². The molecule has 1 fully saturated rings. The average Bonchev–Trinajstić information content (AvgIpc) is 2.66. The SMILES string of the molecule is O=C1NC(=O)c2cc(N3CCOCC3)ccc21. The minimum absolute atomic E-state index is 0.305. The molecule has 0 saturated carbocycles. The molecule has 5 heteroatoms. The quantitative estimate of drug-likeness (QED) is 0.712. The average molecular weight is 232 g/mol. The van der Waals surface area contributed by atoms with E-state index in [9.17, 15) is 9.59 Å². The zero-order valence-electron chi connectivity index (χ0n) is 9.23. The van der Waals surface area contributed by atoms with Gasteiger partial charge < -0.3 is 9.64 Å². The molecule has 1 N–H and O–H groups in total. The molecule has 88 valence electrons. The maximum Gasteiger partial charge on any atom is 0.259 e. The van der Waals surface area contributed by atoms with Gasteiger partial charge in [0, 0.05) is 18.8 Å². The van der Waals surface area contributed by atoms with Crippen LogP contribution < -0.4 is 10.2 Å². The second-order valence-electron chi connectivity index (χ2n) is 4.11. The van der Waals surface area contributed by atoms with E-state index < -0.39 is 0 Å². The van der Waals surface area contributed by atoms with Gasteiger partial charge >= 0.3 is 0 Å². The molecule has 2 heterocycles. The third-order valence-corrected chi connectivity index (χ3v) is 3.10. The Balaban J connectivity index is 1.95. The highest BCUT2D eigenvalue weighted by molar-refractivity contribution is 6.21. The summed E-state index contributed by atoms with van der Waals surface area (Å²) in [5, 5.41) is 2.29. The van der Waals surface area contributed by atoms with Crippen LogP contribution in [0.5, 0.6) is 0 Å². The largest absolute Gasteiger partial charge is 0.378 e. The van der Waals surface area contributed by atoms with Crippen molar-refractivity contribution in [1.29, 1.82) is 0 Å². The van der Waals surface area contributed by atoms with E-state index in [1.165, 1.54) is 0 Å². The lowest BCUT2D eigenvalue weighted by atomic mass is 10.1. The topological polar surface area (TPSA) is 58.6 Å². The van der Waals surface area contributed by atoms with Crippen LogP contribution >= 0.6 is 0 Å².